The van der Waals surface area contributed by atoms with E-state index in [1.54, 1.807) is 7.11 Å². The van der Waals surface area contributed by atoms with Crippen molar-refractivity contribution < 1.29 is 4.74 Å². The fraction of sp³-hybridized carbons (Fsp3) is 0.571. The van der Waals surface area contributed by atoms with Crippen LogP contribution in [0.25, 0.3) is 0 Å². The fourth-order valence-corrected chi connectivity index (χ4v) is 2.27. The third kappa shape index (κ3) is 3.46. The average molecular weight is 300 g/mol. The largest absolute Gasteiger partial charge is 0.496 e. The summed E-state index contributed by atoms with van der Waals surface area (Å²) in [6, 6.07) is 4.28. The summed E-state index contributed by atoms with van der Waals surface area (Å²) in [7, 11) is 3.72. The van der Waals surface area contributed by atoms with Crippen molar-refractivity contribution in [2.45, 2.75) is 32.6 Å². The molecule has 1 N–H and O–H groups in total. The Kier molecular flexibility index (Phi) is 5.02. The van der Waals surface area contributed by atoms with Crippen LogP contribution in [0.3, 0.4) is 0 Å². The molecule has 0 bridgehead atoms. The lowest BCUT2D eigenvalue weighted by Gasteiger charge is -2.28. The maximum absolute atomic E-state index is 5.51. The molecule has 2 nitrogen and oxygen atoms in total. The minimum Gasteiger partial charge on any atom is -0.496 e. The monoisotopic (exact) mass is 299 g/mol. The van der Waals surface area contributed by atoms with Gasteiger partial charge in [0.2, 0.25) is 0 Å². The van der Waals surface area contributed by atoms with Gasteiger partial charge in [0.05, 0.1) is 7.11 Å². The third-order valence-electron chi connectivity index (χ3n) is 3.21. The van der Waals surface area contributed by atoms with Gasteiger partial charge in [-0.25, -0.2) is 0 Å². The van der Waals surface area contributed by atoms with Gasteiger partial charge in [-0.15, -0.1) is 0 Å². The fourth-order valence-electron chi connectivity index (χ4n) is 1.92. The molecule has 0 aliphatic carbocycles. The van der Waals surface area contributed by atoms with E-state index < -0.39 is 0 Å². The molecule has 0 aliphatic heterocycles. The maximum Gasteiger partial charge on any atom is 0.122 e. The van der Waals surface area contributed by atoms with Crippen LogP contribution in [0.2, 0.25) is 0 Å². The first-order valence-corrected chi connectivity index (χ1v) is 6.71. The molecule has 0 atom stereocenters. The third-order valence-corrected chi connectivity index (χ3v) is 4.06. The first-order chi connectivity index (χ1) is 7.92. The quantitative estimate of drug-likeness (QED) is 0.896. The summed E-state index contributed by atoms with van der Waals surface area (Å²) in [6.45, 7) is 7.59. The second-order valence-electron chi connectivity index (χ2n) is 5.04. The standard InChI is InChI=1S/C14H22BrNO/c1-10-8-13(17-5)11(9-12(10)15)14(2,3)6-7-16-4/h8-9,16H,6-7H2,1-5H3. The lowest BCUT2D eigenvalue weighted by atomic mass is 9.80. The number of ether oxygens (including phenoxy) is 1. The molecule has 0 aromatic heterocycles. The Morgan fingerprint density at radius 2 is 2.00 bits per heavy atom. The zero-order valence-electron chi connectivity index (χ0n) is 11.4. The van der Waals surface area contributed by atoms with Crippen LogP contribution in [0.4, 0.5) is 0 Å². The zero-order valence-corrected chi connectivity index (χ0v) is 12.9. The second-order valence-corrected chi connectivity index (χ2v) is 5.89. The van der Waals surface area contributed by atoms with Gasteiger partial charge in [0.15, 0.2) is 0 Å². The molecule has 0 amide bonds. The SMILES string of the molecule is CNCCC(C)(C)c1cc(Br)c(C)cc1OC. The van der Waals surface area contributed by atoms with Gasteiger partial charge in [-0.2, -0.15) is 0 Å². The van der Waals surface area contributed by atoms with Crippen molar-refractivity contribution in [2.75, 3.05) is 20.7 Å². The number of benzene rings is 1. The lowest BCUT2D eigenvalue weighted by Crippen LogP contribution is -2.24. The van der Waals surface area contributed by atoms with E-state index in [-0.39, 0.29) is 5.41 Å². The van der Waals surface area contributed by atoms with Crippen LogP contribution in [0.5, 0.6) is 5.75 Å². The highest BCUT2D eigenvalue weighted by Gasteiger charge is 2.24. The van der Waals surface area contributed by atoms with Crippen LogP contribution in [0.15, 0.2) is 16.6 Å². The van der Waals surface area contributed by atoms with E-state index in [0.717, 1.165) is 23.2 Å². The van der Waals surface area contributed by atoms with Crippen molar-refractivity contribution in [1.29, 1.82) is 0 Å². The van der Waals surface area contributed by atoms with E-state index in [1.165, 1.54) is 11.1 Å². The molecular weight excluding hydrogens is 278 g/mol. The number of aryl methyl sites for hydroxylation is 1. The van der Waals surface area contributed by atoms with Crippen LogP contribution in [-0.4, -0.2) is 20.7 Å². The minimum absolute atomic E-state index is 0.102. The summed E-state index contributed by atoms with van der Waals surface area (Å²) >= 11 is 3.60. The molecule has 0 aliphatic rings. The number of nitrogens with one attached hydrogen (secondary N) is 1. The van der Waals surface area contributed by atoms with Crippen molar-refractivity contribution in [3.05, 3.63) is 27.7 Å². The van der Waals surface area contributed by atoms with Crippen molar-refractivity contribution in [2.24, 2.45) is 0 Å². The molecule has 0 saturated carbocycles. The summed E-state index contributed by atoms with van der Waals surface area (Å²) < 4.78 is 6.65. The highest BCUT2D eigenvalue weighted by atomic mass is 79.9. The smallest absolute Gasteiger partial charge is 0.122 e. The summed E-state index contributed by atoms with van der Waals surface area (Å²) in [5, 5.41) is 3.20. The molecule has 1 aromatic carbocycles. The minimum atomic E-state index is 0.102. The number of rotatable bonds is 5. The van der Waals surface area contributed by atoms with Gasteiger partial charge < -0.3 is 10.1 Å². The molecule has 0 heterocycles. The molecule has 96 valence electrons. The van der Waals surface area contributed by atoms with Crippen molar-refractivity contribution >= 4 is 15.9 Å². The Bertz CT molecular complexity index is 388. The first-order valence-electron chi connectivity index (χ1n) is 5.91. The van der Waals surface area contributed by atoms with Gasteiger partial charge in [0.1, 0.15) is 5.75 Å². The van der Waals surface area contributed by atoms with Gasteiger partial charge in [-0.3, -0.25) is 0 Å². The lowest BCUT2D eigenvalue weighted by molar-refractivity contribution is 0.383. The van der Waals surface area contributed by atoms with Crippen molar-refractivity contribution in [1.82, 2.24) is 5.32 Å². The van der Waals surface area contributed by atoms with Gasteiger partial charge in [-0.1, -0.05) is 29.8 Å². The number of methoxy groups -OCH3 is 1. The summed E-state index contributed by atoms with van der Waals surface area (Å²) in [4.78, 5) is 0. The average Bonchev–Trinajstić information content (AvgIpc) is 2.29. The van der Waals surface area contributed by atoms with Gasteiger partial charge in [-0.05, 0) is 50.0 Å². The highest BCUT2D eigenvalue weighted by molar-refractivity contribution is 9.10. The number of hydrogen-bond acceptors (Lipinski definition) is 2. The van der Waals surface area contributed by atoms with Gasteiger partial charge >= 0.3 is 0 Å². The molecule has 17 heavy (non-hydrogen) atoms. The van der Waals surface area contributed by atoms with E-state index in [1.807, 2.05) is 7.05 Å². The summed E-state index contributed by atoms with van der Waals surface area (Å²) in [6.07, 6.45) is 1.08. The topological polar surface area (TPSA) is 21.3 Å². The molecule has 1 aromatic rings. The molecule has 0 radical (unpaired) electrons. The normalized spacial score (nSPS) is 11.6. The van der Waals surface area contributed by atoms with Gasteiger partial charge in [0, 0.05) is 10.0 Å². The van der Waals surface area contributed by atoms with Crippen molar-refractivity contribution in [3.63, 3.8) is 0 Å². The highest BCUT2D eigenvalue weighted by Crippen LogP contribution is 2.37. The Balaban J connectivity index is 3.14. The van der Waals surface area contributed by atoms with E-state index in [4.69, 9.17) is 4.74 Å². The molecule has 3 heteroatoms. The Hall–Kier alpha value is -0.540. The predicted molar refractivity (Wildman–Crippen MR) is 77.0 cm³/mol. The van der Waals surface area contributed by atoms with Crippen LogP contribution in [0, 0.1) is 6.92 Å². The molecule has 0 fully saturated rings. The van der Waals surface area contributed by atoms with Crippen LogP contribution in [0.1, 0.15) is 31.4 Å². The van der Waals surface area contributed by atoms with Crippen LogP contribution in [-0.2, 0) is 5.41 Å². The van der Waals surface area contributed by atoms with Crippen LogP contribution >= 0.6 is 15.9 Å². The Labute approximate surface area is 113 Å². The summed E-state index contributed by atoms with van der Waals surface area (Å²) in [5.41, 5.74) is 2.56. The maximum atomic E-state index is 5.51. The predicted octanol–water partition coefficient (Wildman–Crippen LogP) is 3.65. The van der Waals surface area contributed by atoms with E-state index in [0.29, 0.717) is 0 Å². The van der Waals surface area contributed by atoms with Crippen molar-refractivity contribution in [3.8, 4) is 5.75 Å². The molecular formula is C14H22BrNO. The van der Waals surface area contributed by atoms with E-state index in [2.05, 4.69) is 54.2 Å². The molecule has 0 saturated heterocycles. The number of halogens is 1. The first kappa shape index (κ1) is 14.5. The second kappa shape index (κ2) is 5.87. The molecule has 1 rings (SSSR count). The Morgan fingerprint density at radius 1 is 1.35 bits per heavy atom. The molecule has 0 unspecified atom stereocenters. The van der Waals surface area contributed by atoms with E-state index in [9.17, 15) is 0 Å². The number of hydrogen-bond donors (Lipinski definition) is 1. The van der Waals surface area contributed by atoms with Gasteiger partial charge in [0.25, 0.3) is 0 Å². The van der Waals surface area contributed by atoms with Crippen LogP contribution < -0.4 is 10.1 Å². The van der Waals surface area contributed by atoms with E-state index >= 15 is 0 Å². The summed E-state index contributed by atoms with van der Waals surface area (Å²) in [5.74, 6) is 0.979. The zero-order chi connectivity index (χ0) is 13.1. The Morgan fingerprint density at radius 3 is 2.53 bits per heavy atom. The molecule has 0 spiro atoms.